The largest absolute Gasteiger partial charge is 0.490 e. The van der Waals surface area contributed by atoms with Gasteiger partial charge in [-0.25, -0.2) is 0 Å². The van der Waals surface area contributed by atoms with E-state index in [0.717, 1.165) is 48.8 Å². The zero-order chi connectivity index (χ0) is 20.2. The van der Waals surface area contributed by atoms with Gasteiger partial charge in [0.1, 0.15) is 11.9 Å². The molecule has 0 radical (unpaired) electrons. The number of pyridine rings is 1. The van der Waals surface area contributed by atoms with Crippen LogP contribution in [0.3, 0.4) is 0 Å². The number of H-pyrrole nitrogens is 1. The summed E-state index contributed by atoms with van der Waals surface area (Å²) in [6.07, 6.45) is 9.75. The standard InChI is InChI=1S/C24H32N2O3/c1-17(2)28-23-15-19(16-25-24(23)27)18-7-9-21(10-8-18)29-22-11-13-26(14-12-22)20-5-3-4-6-20/h7-10,15-17,20,22H,3-6,11-14H2,1-2H3,(H,25,27). The van der Waals surface area contributed by atoms with E-state index in [4.69, 9.17) is 9.47 Å². The topological polar surface area (TPSA) is 54.6 Å². The number of hydrogen-bond donors (Lipinski definition) is 1. The Hall–Kier alpha value is -2.27. The van der Waals surface area contributed by atoms with Crippen molar-refractivity contribution < 1.29 is 9.47 Å². The van der Waals surface area contributed by atoms with Crippen LogP contribution in [0, 0.1) is 0 Å². The first-order chi connectivity index (χ1) is 14.1. The number of nitrogens with zero attached hydrogens (tertiary/aromatic N) is 1. The Morgan fingerprint density at radius 3 is 2.34 bits per heavy atom. The monoisotopic (exact) mass is 396 g/mol. The van der Waals surface area contributed by atoms with Crippen molar-refractivity contribution in [2.24, 2.45) is 0 Å². The molecule has 1 aliphatic carbocycles. The minimum absolute atomic E-state index is 0.0396. The van der Waals surface area contributed by atoms with E-state index in [0.29, 0.717) is 11.9 Å². The molecular weight excluding hydrogens is 364 g/mol. The molecule has 1 saturated carbocycles. The van der Waals surface area contributed by atoms with Crippen LogP contribution in [-0.2, 0) is 0 Å². The molecule has 1 N–H and O–H groups in total. The molecule has 156 valence electrons. The summed E-state index contributed by atoms with van der Waals surface area (Å²) in [4.78, 5) is 17.3. The lowest BCUT2D eigenvalue weighted by Crippen LogP contribution is -2.43. The number of piperidine rings is 1. The van der Waals surface area contributed by atoms with Gasteiger partial charge in [-0.1, -0.05) is 25.0 Å². The number of aromatic nitrogens is 1. The van der Waals surface area contributed by atoms with Gasteiger partial charge in [0.05, 0.1) is 6.10 Å². The summed E-state index contributed by atoms with van der Waals surface area (Å²) in [6.45, 7) is 6.14. The molecule has 2 aliphatic rings. The molecule has 2 fully saturated rings. The quantitative estimate of drug-likeness (QED) is 0.774. The van der Waals surface area contributed by atoms with Gasteiger partial charge in [0.2, 0.25) is 0 Å². The molecule has 0 atom stereocenters. The zero-order valence-corrected chi connectivity index (χ0v) is 17.5. The van der Waals surface area contributed by atoms with Crippen molar-refractivity contribution in [3.63, 3.8) is 0 Å². The van der Waals surface area contributed by atoms with Crippen molar-refractivity contribution in [1.82, 2.24) is 9.88 Å². The van der Waals surface area contributed by atoms with Crippen LogP contribution in [0.4, 0.5) is 0 Å². The van der Waals surface area contributed by atoms with E-state index in [-0.39, 0.29) is 11.7 Å². The highest BCUT2D eigenvalue weighted by molar-refractivity contribution is 5.64. The molecule has 1 saturated heterocycles. The summed E-state index contributed by atoms with van der Waals surface area (Å²) >= 11 is 0. The van der Waals surface area contributed by atoms with Gasteiger partial charge in [-0.15, -0.1) is 0 Å². The van der Waals surface area contributed by atoms with Gasteiger partial charge in [-0.05, 0) is 63.3 Å². The van der Waals surface area contributed by atoms with Crippen molar-refractivity contribution in [2.45, 2.75) is 70.6 Å². The molecule has 1 aromatic carbocycles. The van der Waals surface area contributed by atoms with Crippen LogP contribution < -0.4 is 15.0 Å². The summed E-state index contributed by atoms with van der Waals surface area (Å²) < 4.78 is 11.8. The highest BCUT2D eigenvalue weighted by Gasteiger charge is 2.27. The summed E-state index contributed by atoms with van der Waals surface area (Å²) in [6, 6.07) is 10.7. The fourth-order valence-electron chi connectivity index (χ4n) is 4.52. The van der Waals surface area contributed by atoms with Gasteiger partial charge in [-0.2, -0.15) is 0 Å². The SMILES string of the molecule is CC(C)Oc1cc(-c2ccc(OC3CCN(C4CCCC4)CC3)cc2)c[nH]c1=O. The van der Waals surface area contributed by atoms with Crippen LogP contribution in [0.2, 0.25) is 0 Å². The molecule has 0 amide bonds. The third-order valence-electron chi connectivity index (χ3n) is 6.04. The lowest BCUT2D eigenvalue weighted by molar-refractivity contribution is 0.0768. The number of ether oxygens (including phenoxy) is 2. The maximum absolute atomic E-state index is 11.9. The first-order valence-corrected chi connectivity index (χ1v) is 11.0. The fourth-order valence-corrected chi connectivity index (χ4v) is 4.52. The molecule has 2 aromatic rings. The summed E-state index contributed by atoms with van der Waals surface area (Å²) in [7, 11) is 0. The second kappa shape index (κ2) is 9.04. The number of nitrogens with one attached hydrogen (secondary N) is 1. The molecule has 1 aliphatic heterocycles. The van der Waals surface area contributed by atoms with Crippen molar-refractivity contribution in [1.29, 1.82) is 0 Å². The number of hydrogen-bond acceptors (Lipinski definition) is 4. The Labute approximate surface area is 173 Å². The highest BCUT2D eigenvalue weighted by Crippen LogP contribution is 2.28. The Balaban J connectivity index is 1.35. The number of aromatic amines is 1. The van der Waals surface area contributed by atoms with E-state index in [1.807, 2.05) is 38.1 Å². The fraction of sp³-hybridized carbons (Fsp3) is 0.542. The Bertz CT molecular complexity index is 845. The summed E-state index contributed by atoms with van der Waals surface area (Å²) in [5.74, 6) is 1.27. The van der Waals surface area contributed by atoms with Crippen molar-refractivity contribution in [2.75, 3.05) is 13.1 Å². The van der Waals surface area contributed by atoms with E-state index in [1.54, 1.807) is 12.3 Å². The molecule has 1 aromatic heterocycles. The van der Waals surface area contributed by atoms with E-state index in [9.17, 15) is 4.79 Å². The minimum Gasteiger partial charge on any atom is -0.490 e. The molecule has 4 rings (SSSR count). The molecular formula is C24H32N2O3. The van der Waals surface area contributed by atoms with E-state index in [2.05, 4.69) is 9.88 Å². The Morgan fingerprint density at radius 2 is 1.69 bits per heavy atom. The van der Waals surface area contributed by atoms with Crippen molar-refractivity contribution >= 4 is 0 Å². The van der Waals surface area contributed by atoms with Gasteiger partial charge in [0, 0.05) is 30.9 Å². The first kappa shape index (κ1) is 20.0. The summed E-state index contributed by atoms with van der Waals surface area (Å²) in [5.41, 5.74) is 1.75. The third-order valence-corrected chi connectivity index (χ3v) is 6.04. The molecule has 0 unspecified atom stereocenters. The van der Waals surface area contributed by atoms with E-state index < -0.39 is 0 Å². The molecule has 0 bridgehead atoms. The van der Waals surface area contributed by atoms with Crippen molar-refractivity contribution in [3.05, 3.63) is 46.9 Å². The lowest BCUT2D eigenvalue weighted by atomic mass is 10.0. The van der Waals surface area contributed by atoms with Crippen LogP contribution in [0.15, 0.2) is 41.3 Å². The van der Waals surface area contributed by atoms with Gasteiger partial charge in [0.15, 0.2) is 5.75 Å². The van der Waals surface area contributed by atoms with Gasteiger partial charge in [0.25, 0.3) is 5.56 Å². The zero-order valence-electron chi connectivity index (χ0n) is 17.5. The maximum Gasteiger partial charge on any atom is 0.290 e. The molecule has 5 nitrogen and oxygen atoms in total. The average Bonchev–Trinajstić information content (AvgIpc) is 3.25. The Kier molecular flexibility index (Phi) is 6.24. The molecule has 29 heavy (non-hydrogen) atoms. The van der Waals surface area contributed by atoms with Gasteiger partial charge in [-0.3, -0.25) is 4.79 Å². The van der Waals surface area contributed by atoms with Crippen molar-refractivity contribution in [3.8, 4) is 22.6 Å². The lowest BCUT2D eigenvalue weighted by Gasteiger charge is -2.36. The number of benzene rings is 1. The first-order valence-electron chi connectivity index (χ1n) is 11.0. The highest BCUT2D eigenvalue weighted by atomic mass is 16.5. The molecule has 0 spiro atoms. The van der Waals surface area contributed by atoms with Crippen LogP contribution in [0.25, 0.3) is 11.1 Å². The second-order valence-electron chi connectivity index (χ2n) is 8.56. The Morgan fingerprint density at radius 1 is 1.00 bits per heavy atom. The van der Waals surface area contributed by atoms with Crippen LogP contribution in [0.1, 0.15) is 52.4 Å². The van der Waals surface area contributed by atoms with Crippen LogP contribution in [0.5, 0.6) is 11.5 Å². The molecule has 5 heteroatoms. The van der Waals surface area contributed by atoms with Gasteiger partial charge < -0.3 is 19.4 Å². The normalized spacial score (nSPS) is 19.0. The van der Waals surface area contributed by atoms with E-state index in [1.165, 1.54) is 25.7 Å². The number of rotatable bonds is 6. The van der Waals surface area contributed by atoms with Gasteiger partial charge >= 0.3 is 0 Å². The third kappa shape index (κ3) is 5.02. The average molecular weight is 397 g/mol. The van der Waals surface area contributed by atoms with E-state index >= 15 is 0 Å². The maximum atomic E-state index is 11.9. The summed E-state index contributed by atoms with van der Waals surface area (Å²) in [5, 5.41) is 0. The molecule has 2 heterocycles. The predicted octanol–water partition coefficient (Wildman–Crippen LogP) is 4.61. The van der Waals surface area contributed by atoms with Crippen LogP contribution in [-0.4, -0.2) is 41.2 Å². The smallest absolute Gasteiger partial charge is 0.290 e. The second-order valence-corrected chi connectivity index (χ2v) is 8.56. The van der Waals surface area contributed by atoms with Crippen LogP contribution >= 0.6 is 0 Å². The minimum atomic E-state index is -0.202. The number of likely N-dealkylation sites (tertiary alicyclic amines) is 1. The predicted molar refractivity (Wildman–Crippen MR) is 116 cm³/mol.